The second-order valence-corrected chi connectivity index (χ2v) is 7.75. The Labute approximate surface area is 167 Å². The van der Waals surface area contributed by atoms with E-state index in [1.165, 1.54) is 0 Å². The minimum Gasteiger partial charge on any atom is -0.481 e. The molecule has 1 fully saturated rings. The first-order valence-corrected chi connectivity index (χ1v) is 10.3. The Morgan fingerprint density at radius 1 is 0.964 bits per heavy atom. The number of aryl methyl sites for hydroxylation is 1. The van der Waals surface area contributed by atoms with E-state index in [9.17, 15) is 19.8 Å². The van der Waals surface area contributed by atoms with E-state index in [-0.39, 0.29) is 24.0 Å². The molecule has 1 aliphatic rings. The molecular formula is C23H32O5. The van der Waals surface area contributed by atoms with Crippen molar-refractivity contribution in [3.05, 3.63) is 48.0 Å². The molecule has 0 radical (unpaired) electrons. The molecule has 0 bridgehead atoms. The van der Waals surface area contributed by atoms with Crippen LogP contribution in [0.15, 0.2) is 42.5 Å². The van der Waals surface area contributed by atoms with Crippen LogP contribution in [-0.2, 0) is 16.0 Å². The predicted octanol–water partition coefficient (Wildman–Crippen LogP) is 3.53. The summed E-state index contributed by atoms with van der Waals surface area (Å²) in [5, 5.41) is 29.2. The molecule has 4 unspecified atom stereocenters. The molecule has 1 aromatic carbocycles. The molecule has 0 spiro atoms. The summed E-state index contributed by atoms with van der Waals surface area (Å²) in [5.41, 5.74) is 1.15. The van der Waals surface area contributed by atoms with Crippen molar-refractivity contribution in [2.45, 2.75) is 70.0 Å². The van der Waals surface area contributed by atoms with Gasteiger partial charge < -0.3 is 15.3 Å². The fraction of sp³-hybridized carbons (Fsp3) is 0.565. The molecular weight excluding hydrogens is 356 g/mol. The number of aliphatic carboxylic acids is 1. The molecule has 5 nitrogen and oxygen atoms in total. The van der Waals surface area contributed by atoms with E-state index >= 15 is 0 Å². The molecule has 0 aliphatic heterocycles. The summed E-state index contributed by atoms with van der Waals surface area (Å²) in [6, 6.07) is 9.93. The van der Waals surface area contributed by atoms with Gasteiger partial charge in [0.05, 0.1) is 12.2 Å². The largest absolute Gasteiger partial charge is 0.481 e. The van der Waals surface area contributed by atoms with Crippen LogP contribution in [0.5, 0.6) is 0 Å². The molecule has 0 aromatic heterocycles. The molecule has 3 N–H and O–H groups in total. The molecule has 1 saturated carbocycles. The highest BCUT2D eigenvalue weighted by atomic mass is 16.4. The number of aliphatic hydroxyl groups excluding tert-OH is 2. The first-order valence-electron chi connectivity index (χ1n) is 10.3. The Kier molecular flexibility index (Phi) is 9.38. The summed E-state index contributed by atoms with van der Waals surface area (Å²) in [7, 11) is 0. The summed E-state index contributed by atoms with van der Waals surface area (Å²) in [6.45, 7) is 0. The topological polar surface area (TPSA) is 94.8 Å². The standard InChI is InChI=1S/C23H32O5/c24-18(13-12-17-8-4-3-5-9-17)14-15-20-19(21(25)16-22(20)26)10-6-1-2-7-11-23(27)28/h1,3-6,8-9,19-22,25-26H,2,7,10-16H2,(H,27,28). The first-order chi connectivity index (χ1) is 13.5. The number of carboxylic acid groups (broad SMARTS) is 1. The number of rotatable bonds is 12. The van der Waals surface area contributed by atoms with Crippen LogP contribution >= 0.6 is 0 Å². The smallest absolute Gasteiger partial charge is 0.303 e. The molecule has 1 aromatic rings. The van der Waals surface area contributed by atoms with Crippen LogP contribution in [-0.4, -0.2) is 39.3 Å². The van der Waals surface area contributed by atoms with Gasteiger partial charge in [-0.1, -0.05) is 42.5 Å². The SMILES string of the molecule is O=C(O)CCCC=CCC1C(O)CC(O)C1CCC(=O)CCc1ccccc1. The Morgan fingerprint density at radius 3 is 2.39 bits per heavy atom. The highest BCUT2D eigenvalue weighted by Gasteiger charge is 2.40. The van der Waals surface area contributed by atoms with Crippen molar-refractivity contribution in [2.24, 2.45) is 11.8 Å². The highest BCUT2D eigenvalue weighted by Crippen LogP contribution is 2.38. The molecule has 4 atom stereocenters. The quantitative estimate of drug-likeness (QED) is 0.376. The van der Waals surface area contributed by atoms with Gasteiger partial charge in [-0.2, -0.15) is 0 Å². The van der Waals surface area contributed by atoms with Crippen LogP contribution in [0, 0.1) is 11.8 Å². The zero-order chi connectivity index (χ0) is 20.4. The minimum atomic E-state index is -0.792. The third-order valence-electron chi connectivity index (χ3n) is 5.65. The van der Waals surface area contributed by atoms with Crippen LogP contribution < -0.4 is 0 Å². The summed E-state index contributed by atoms with van der Waals surface area (Å²) in [5.74, 6) is -0.716. The normalized spacial score (nSPS) is 24.6. The van der Waals surface area contributed by atoms with Crippen LogP contribution in [0.3, 0.4) is 0 Å². The van der Waals surface area contributed by atoms with Gasteiger partial charge in [0.1, 0.15) is 5.78 Å². The minimum absolute atomic E-state index is 0.0485. The van der Waals surface area contributed by atoms with Crippen molar-refractivity contribution in [1.29, 1.82) is 0 Å². The van der Waals surface area contributed by atoms with E-state index < -0.39 is 18.2 Å². The van der Waals surface area contributed by atoms with Gasteiger partial charge in [0.15, 0.2) is 0 Å². The number of carbonyl (C=O) groups excluding carboxylic acids is 1. The lowest BCUT2D eigenvalue weighted by Crippen LogP contribution is -2.22. The zero-order valence-corrected chi connectivity index (χ0v) is 16.4. The third kappa shape index (κ3) is 7.56. The second-order valence-electron chi connectivity index (χ2n) is 7.75. The van der Waals surface area contributed by atoms with Crippen molar-refractivity contribution in [1.82, 2.24) is 0 Å². The molecule has 5 heteroatoms. The molecule has 0 saturated heterocycles. The van der Waals surface area contributed by atoms with E-state index in [2.05, 4.69) is 0 Å². The number of allylic oxidation sites excluding steroid dienone is 2. The van der Waals surface area contributed by atoms with Crippen molar-refractivity contribution in [3.63, 3.8) is 0 Å². The molecule has 154 valence electrons. The van der Waals surface area contributed by atoms with Gasteiger partial charge in [-0.25, -0.2) is 0 Å². The van der Waals surface area contributed by atoms with Crippen LogP contribution in [0.2, 0.25) is 0 Å². The second kappa shape index (κ2) is 11.8. The number of carboxylic acids is 1. The van der Waals surface area contributed by atoms with Gasteiger partial charge in [0.25, 0.3) is 0 Å². The monoisotopic (exact) mass is 388 g/mol. The van der Waals surface area contributed by atoms with Crippen molar-refractivity contribution in [3.8, 4) is 0 Å². The number of ketones is 1. The van der Waals surface area contributed by atoms with Crippen LogP contribution in [0.25, 0.3) is 0 Å². The maximum atomic E-state index is 12.2. The summed E-state index contributed by atoms with van der Waals surface area (Å²) >= 11 is 0. The van der Waals surface area contributed by atoms with Gasteiger partial charge in [-0.3, -0.25) is 9.59 Å². The number of unbranched alkanes of at least 4 members (excludes halogenated alkanes) is 1. The van der Waals surface area contributed by atoms with E-state index in [1.54, 1.807) is 0 Å². The van der Waals surface area contributed by atoms with Gasteiger partial charge in [-0.05, 0) is 55.9 Å². The number of carbonyl (C=O) groups is 2. The van der Waals surface area contributed by atoms with E-state index in [0.717, 1.165) is 12.0 Å². The predicted molar refractivity (Wildman–Crippen MR) is 108 cm³/mol. The Balaban J connectivity index is 1.75. The van der Waals surface area contributed by atoms with Gasteiger partial charge in [0, 0.05) is 19.3 Å². The van der Waals surface area contributed by atoms with E-state index in [0.29, 0.717) is 44.9 Å². The molecule has 0 amide bonds. The zero-order valence-electron chi connectivity index (χ0n) is 16.4. The fourth-order valence-electron chi connectivity index (χ4n) is 4.03. The lowest BCUT2D eigenvalue weighted by molar-refractivity contribution is -0.137. The molecule has 0 heterocycles. The highest BCUT2D eigenvalue weighted by molar-refractivity contribution is 5.78. The summed E-state index contributed by atoms with van der Waals surface area (Å²) in [4.78, 5) is 22.8. The van der Waals surface area contributed by atoms with E-state index in [4.69, 9.17) is 5.11 Å². The number of benzene rings is 1. The van der Waals surface area contributed by atoms with Crippen molar-refractivity contribution < 1.29 is 24.9 Å². The van der Waals surface area contributed by atoms with Crippen molar-refractivity contribution in [2.75, 3.05) is 0 Å². The Bertz CT molecular complexity index is 640. The average Bonchev–Trinajstić information content (AvgIpc) is 2.94. The van der Waals surface area contributed by atoms with Gasteiger partial charge in [-0.15, -0.1) is 0 Å². The number of hydrogen-bond acceptors (Lipinski definition) is 4. The summed E-state index contributed by atoms with van der Waals surface area (Å²) < 4.78 is 0. The maximum absolute atomic E-state index is 12.2. The number of aliphatic hydroxyl groups is 2. The Hall–Kier alpha value is -1.98. The maximum Gasteiger partial charge on any atom is 0.303 e. The fourth-order valence-corrected chi connectivity index (χ4v) is 4.03. The molecule has 1 aliphatic carbocycles. The van der Waals surface area contributed by atoms with Crippen LogP contribution in [0.1, 0.15) is 56.9 Å². The van der Waals surface area contributed by atoms with E-state index in [1.807, 2.05) is 42.5 Å². The van der Waals surface area contributed by atoms with Crippen LogP contribution in [0.4, 0.5) is 0 Å². The van der Waals surface area contributed by atoms with Crippen molar-refractivity contribution >= 4 is 11.8 Å². The third-order valence-corrected chi connectivity index (χ3v) is 5.65. The molecule has 2 rings (SSSR count). The lowest BCUT2D eigenvalue weighted by atomic mass is 9.86. The average molecular weight is 389 g/mol. The first kappa shape index (κ1) is 22.3. The Morgan fingerprint density at radius 2 is 1.68 bits per heavy atom. The lowest BCUT2D eigenvalue weighted by Gasteiger charge is -2.22. The summed E-state index contributed by atoms with van der Waals surface area (Å²) in [6.07, 6.45) is 7.52. The number of Topliss-reactive ketones (excluding diaryl/α,β-unsaturated/α-hetero) is 1. The number of hydrogen-bond donors (Lipinski definition) is 3. The van der Waals surface area contributed by atoms with Gasteiger partial charge in [0.2, 0.25) is 0 Å². The molecule has 28 heavy (non-hydrogen) atoms. The van der Waals surface area contributed by atoms with Gasteiger partial charge >= 0.3 is 5.97 Å².